The number of aliphatic imine (C=N–C) groups is 1. The van der Waals surface area contributed by atoms with Gasteiger partial charge in [-0.25, -0.2) is 4.79 Å². The molecule has 8 heteroatoms. The number of carbonyl (C=O) groups excluding carboxylic acids is 1. The maximum atomic E-state index is 12.2. The Morgan fingerprint density at radius 1 is 1.19 bits per heavy atom. The van der Waals surface area contributed by atoms with Crippen molar-refractivity contribution in [2.24, 2.45) is 10.9 Å². The fraction of sp³-hybridized carbons (Fsp3) is 0.652. The number of nitrogens with zero attached hydrogens (tertiary/aromatic N) is 2. The van der Waals surface area contributed by atoms with Gasteiger partial charge in [0.05, 0.1) is 0 Å². The van der Waals surface area contributed by atoms with Crippen LogP contribution in [0.2, 0.25) is 0 Å². The van der Waals surface area contributed by atoms with Gasteiger partial charge >= 0.3 is 6.09 Å². The molecule has 2 aliphatic heterocycles. The van der Waals surface area contributed by atoms with Gasteiger partial charge in [0.2, 0.25) is 6.79 Å². The molecule has 2 heterocycles. The summed E-state index contributed by atoms with van der Waals surface area (Å²) < 4.78 is 16.3. The van der Waals surface area contributed by atoms with Crippen LogP contribution in [0.25, 0.3) is 0 Å². The summed E-state index contributed by atoms with van der Waals surface area (Å²) in [5.41, 5.74) is 0.743. The molecule has 0 aromatic heterocycles. The third-order valence-corrected chi connectivity index (χ3v) is 5.26. The van der Waals surface area contributed by atoms with E-state index in [1.54, 1.807) is 4.90 Å². The Bertz CT molecular complexity index is 767. The van der Waals surface area contributed by atoms with E-state index in [0.717, 1.165) is 69.4 Å². The van der Waals surface area contributed by atoms with E-state index in [0.29, 0.717) is 12.7 Å². The molecule has 1 aromatic carbocycles. The third-order valence-electron chi connectivity index (χ3n) is 5.26. The quantitative estimate of drug-likeness (QED) is 0.531. The topological polar surface area (TPSA) is 84.4 Å². The Labute approximate surface area is 185 Å². The average Bonchev–Trinajstić information content (AvgIpc) is 3.19. The van der Waals surface area contributed by atoms with Gasteiger partial charge in [0, 0.05) is 32.7 Å². The summed E-state index contributed by atoms with van der Waals surface area (Å²) in [6.45, 7) is 11.8. The van der Waals surface area contributed by atoms with Crippen molar-refractivity contribution in [3.05, 3.63) is 23.8 Å². The lowest BCUT2D eigenvalue weighted by Crippen LogP contribution is -2.42. The molecule has 1 saturated heterocycles. The SMILES string of the molecule is CCNC(=NCC1CCN(C(=O)OC(C)(C)C)CC1)NCCc1ccc2c(c1)OCO2. The van der Waals surface area contributed by atoms with Gasteiger partial charge in [-0.05, 0) is 70.6 Å². The molecule has 1 amide bonds. The zero-order valence-electron chi connectivity index (χ0n) is 19.2. The number of ether oxygens (including phenoxy) is 3. The summed E-state index contributed by atoms with van der Waals surface area (Å²) in [5.74, 6) is 2.93. The van der Waals surface area contributed by atoms with E-state index in [9.17, 15) is 4.79 Å². The van der Waals surface area contributed by atoms with Gasteiger partial charge in [-0.1, -0.05) is 6.07 Å². The number of hydrogen-bond acceptors (Lipinski definition) is 5. The van der Waals surface area contributed by atoms with Gasteiger partial charge < -0.3 is 29.7 Å². The van der Waals surface area contributed by atoms with Gasteiger partial charge in [-0.3, -0.25) is 4.99 Å². The fourth-order valence-electron chi connectivity index (χ4n) is 3.61. The van der Waals surface area contributed by atoms with E-state index < -0.39 is 5.60 Å². The Kier molecular flexibility index (Phi) is 7.87. The molecular formula is C23H36N4O4. The van der Waals surface area contributed by atoms with E-state index in [-0.39, 0.29) is 6.09 Å². The molecule has 0 bridgehead atoms. The summed E-state index contributed by atoms with van der Waals surface area (Å²) in [4.78, 5) is 18.8. The number of rotatable bonds is 6. The molecule has 0 atom stereocenters. The van der Waals surface area contributed by atoms with Crippen LogP contribution in [0.5, 0.6) is 11.5 Å². The molecule has 0 unspecified atom stereocenters. The summed E-state index contributed by atoms with van der Waals surface area (Å²) >= 11 is 0. The highest BCUT2D eigenvalue weighted by Crippen LogP contribution is 2.32. The number of nitrogens with one attached hydrogen (secondary N) is 2. The normalized spacial score (nSPS) is 16.9. The van der Waals surface area contributed by atoms with E-state index in [1.807, 2.05) is 32.9 Å². The minimum Gasteiger partial charge on any atom is -0.454 e. The summed E-state index contributed by atoms with van der Waals surface area (Å²) in [6.07, 6.45) is 2.54. The molecule has 0 spiro atoms. The van der Waals surface area contributed by atoms with Crippen LogP contribution in [0.4, 0.5) is 4.79 Å². The molecule has 31 heavy (non-hydrogen) atoms. The Morgan fingerprint density at radius 2 is 1.94 bits per heavy atom. The summed E-state index contributed by atoms with van der Waals surface area (Å²) in [5, 5.41) is 6.72. The number of fused-ring (bicyclic) bond motifs is 1. The predicted octanol–water partition coefficient (Wildman–Crippen LogP) is 3.16. The van der Waals surface area contributed by atoms with Crippen molar-refractivity contribution in [2.75, 3.05) is 39.5 Å². The van der Waals surface area contributed by atoms with Crippen LogP contribution in [-0.2, 0) is 11.2 Å². The molecule has 3 rings (SSSR count). The van der Waals surface area contributed by atoms with E-state index >= 15 is 0 Å². The average molecular weight is 433 g/mol. The van der Waals surface area contributed by atoms with Crippen molar-refractivity contribution < 1.29 is 19.0 Å². The molecule has 0 radical (unpaired) electrons. The zero-order valence-corrected chi connectivity index (χ0v) is 19.2. The summed E-state index contributed by atoms with van der Waals surface area (Å²) in [7, 11) is 0. The number of hydrogen-bond donors (Lipinski definition) is 2. The fourth-order valence-corrected chi connectivity index (χ4v) is 3.61. The lowest BCUT2D eigenvalue weighted by Gasteiger charge is -2.33. The molecule has 8 nitrogen and oxygen atoms in total. The van der Waals surface area contributed by atoms with E-state index in [4.69, 9.17) is 19.2 Å². The van der Waals surface area contributed by atoms with Gasteiger partial charge in [0.15, 0.2) is 17.5 Å². The first-order valence-corrected chi connectivity index (χ1v) is 11.2. The number of likely N-dealkylation sites (tertiary alicyclic amines) is 1. The maximum absolute atomic E-state index is 12.2. The van der Waals surface area contributed by atoms with Crippen LogP contribution in [0.3, 0.4) is 0 Å². The highest BCUT2D eigenvalue weighted by molar-refractivity contribution is 5.79. The Hall–Kier alpha value is -2.64. The molecule has 1 fully saturated rings. The molecule has 172 valence electrons. The van der Waals surface area contributed by atoms with Crippen molar-refractivity contribution in [1.82, 2.24) is 15.5 Å². The molecule has 0 aliphatic carbocycles. The third kappa shape index (κ3) is 7.22. The molecule has 0 saturated carbocycles. The first-order chi connectivity index (χ1) is 14.8. The lowest BCUT2D eigenvalue weighted by atomic mass is 9.97. The zero-order chi connectivity index (χ0) is 22.3. The number of carbonyl (C=O) groups is 1. The van der Waals surface area contributed by atoms with Crippen molar-refractivity contribution in [2.45, 2.75) is 52.6 Å². The Balaban J connectivity index is 1.42. The van der Waals surface area contributed by atoms with Crippen LogP contribution in [0, 0.1) is 5.92 Å². The molecular weight excluding hydrogens is 396 g/mol. The predicted molar refractivity (Wildman–Crippen MR) is 121 cm³/mol. The minimum absolute atomic E-state index is 0.215. The molecule has 2 N–H and O–H groups in total. The smallest absolute Gasteiger partial charge is 0.410 e. The van der Waals surface area contributed by atoms with Crippen LogP contribution in [0.15, 0.2) is 23.2 Å². The largest absolute Gasteiger partial charge is 0.454 e. The van der Waals surface area contributed by atoms with Crippen LogP contribution >= 0.6 is 0 Å². The van der Waals surface area contributed by atoms with Crippen molar-refractivity contribution in [3.63, 3.8) is 0 Å². The second kappa shape index (κ2) is 10.6. The van der Waals surface area contributed by atoms with Crippen molar-refractivity contribution in [3.8, 4) is 11.5 Å². The maximum Gasteiger partial charge on any atom is 0.410 e. The van der Waals surface area contributed by atoms with Gasteiger partial charge in [-0.15, -0.1) is 0 Å². The number of piperidine rings is 1. The molecule has 2 aliphatic rings. The second-order valence-electron chi connectivity index (χ2n) is 8.99. The second-order valence-corrected chi connectivity index (χ2v) is 8.99. The van der Waals surface area contributed by atoms with Crippen LogP contribution in [0.1, 0.15) is 46.1 Å². The highest BCUT2D eigenvalue weighted by Gasteiger charge is 2.26. The first-order valence-electron chi connectivity index (χ1n) is 11.2. The highest BCUT2D eigenvalue weighted by atomic mass is 16.7. The minimum atomic E-state index is -0.453. The van der Waals surface area contributed by atoms with Gasteiger partial charge in [0.1, 0.15) is 5.60 Å². The van der Waals surface area contributed by atoms with Gasteiger partial charge in [0.25, 0.3) is 0 Å². The number of amides is 1. The summed E-state index contributed by atoms with van der Waals surface area (Å²) in [6, 6.07) is 6.06. The lowest BCUT2D eigenvalue weighted by molar-refractivity contribution is 0.0187. The van der Waals surface area contributed by atoms with E-state index in [2.05, 4.69) is 23.6 Å². The number of benzene rings is 1. The monoisotopic (exact) mass is 432 g/mol. The van der Waals surface area contributed by atoms with E-state index in [1.165, 1.54) is 5.56 Å². The van der Waals surface area contributed by atoms with Crippen molar-refractivity contribution >= 4 is 12.1 Å². The van der Waals surface area contributed by atoms with Crippen molar-refractivity contribution in [1.29, 1.82) is 0 Å². The molecule has 1 aromatic rings. The first kappa shape index (κ1) is 23.0. The van der Waals surface area contributed by atoms with Crippen LogP contribution < -0.4 is 20.1 Å². The number of guanidine groups is 1. The van der Waals surface area contributed by atoms with Gasteiger partial charge in [-0.2, -0.15) is 0 Å². The Morgan fingerprint density at radius 3 is 2.65 bits per heavy atom. The van der Waals surface area contributed by atoms with Crippen LogP contribution in [-0.4, -0.2) is 62.1 Å². The standard InChI is InChI=1S/C23H36N4O4/c1-5-24-21(25-11-8-17-6-7-19-20(14-17)30-16-29-19)26-15-18-9-12-27(13-10-18)22(28)31-23(2,3)4/h6-7,14,18H,5,8-13,15-16H2,1-4H3,(H2,24,25,26).